The molecular weight excluding hydrogens is 422 g/mol. The van der Waals surface area contributed by atoms with Crippen molar-refractivity contribution in [1.29, 1.82) is 0 Å². The van der Waals surface area contributed by atoms with Crippen LogP contribution in [0.1, 0.15) is 30.9 Å². The summed E-state index contributed by atoms with van der Waals surface area (Å²) < 4.78 is 29.9. The van der Waals surface area contributed by atoms with Crippen molar-refractivity contribution in [3.05, 3.63) is 77.9 Å². The van der Waals surface area contributed by atoms with Crippen LogP contribution in [0.4, 0.5) is 0 Å². The molecule has 1 aliphatic heterocycles. The van der Waals surface area contributed by atoms with Gasteiger partial charge in [-0.3, -0.25) is 4.79 Å². The van der Waals surface area contributed by atoms with Crippen molar-refractivity contribution in [3.63, 3.8) is 0 Å². The summed E-state index contributed by atoms with van der Waals surface area (Å²) in [5.41, 5.74) is 1.92. The Labute approximate surface area is 189 Å². The standard InChI is InChI=1S/C26H29NO4S/c1-2-15-31-24-12-10-20(11-13-24)18-27(23-14-16-32(29,30)19-23)26(28)17-22-8-5-7-21-6-3-4-9-25(21)22/h3-13,23H,2,14-19H2,1H3. The van der Waals surface area contributed by atoms with E-state index in [9.17, 15) is 13.2 Å². The highest BCUT2D eigenvalue weighted by atomic mass is 32.2. The number of carbonyl (C=O) groups is 1. The fourth-order valence-electron chi connectivity index (χ4n) is 4.26. The Kier molecular flexibility index (Phi) is 6.80. The van der Waals surface area contributed by atoms with Gasteiger partial charge in [-0.15, -0.1) is 0 Å². The summed E-state index contributed by atoms with van der Waals surface area (Å²) in [5, 5.41) is 2.15. The van der Waals surface area contributed by atoms with E-state index < -0.39 is 9.84 Å². The van der Waals surface area contributed by atoms with Crippen molar-refractivity contribution in [3.8, 4) is 5.75 Å². The highest BCUT2D eigenvalue weighted by molar-refractivity contribution is 7.91. The molecule has 1 amide bonds. The van der Waals surface area contributed by atoms with Crippen molar-refractivity contribution in [1.82, 2.24) is 4.90 Å². The largest absolute Gasteiger partial charge is 0.494 e. The molecule has 32 heavy (non-hydrogen) atoms. The van der Waals surface area contributed by atoms with Gasteiger partial charge in [0.2, 0.25) is 5.91 Å². The third-order valence-electron chi connectivity index (χ3n) is 5.94. The fraction of sp³-hybridized carbons (Fsp3) is 0.346. The highest BCUT2D eigenvalue weighted by Gasteiger charge is 2.34. The van der Waals surface area contributed by atoms with Gasteiger partial charge in [0.1, 0.15) is 5.75 Å². The number of ether oxygens (including phenoxy) is 1. The molecule has 1 unspecified atom stereocenters. The second-order valence-corrected chi connectivity index (χ2v) is 10.6. The topological polar surface area (TPSA) is 63.7 Å². The average molecular weight is 452 g/mol. The fourth-order valence-corrected chi connectivity index (χ4v) is 5.99. The molecular formula is C26H29NO4S. The molecule has 0 aliphatic carbocycles. The summed E-state index contributed by atoms with van der Waals surface area (Å²) in [6, 6.07) is 21.4. The van der Waals surface area contributed by atoms with Crippen LogP contribution in [0.5, 0.6) is 5.75 Å². The van der Waals surface area contributed by atoms with E-state index in [0.29, 0.717) is 19.6 Å². The normalized spacial score (nSPS) is 17.3. The number of amides is 1. The van der Waals surface area contributed by atoms with Crippen molar-refractivity contribution in [2.24, 2.45) is 0 Å². The lowest BCUT2D eigenvalue weighted by molar-refractivity contribution is -0.133. The Bertz CT molecular complexity index is 1180. The Morgan fingerprint density at radius 3 is 2.50 bits per heavy atom. The van der Waals surface area contributed by atoms with E-state index >= 15 is 0 Å². The van der Waals surface area contributed by atoms with Gasteiger partial charge >= 0.3 is 0 Å². The maximum Gasteiger partial charge on any atom is 0.227 e. The van der Waals surface area contributed by atoms with Crippen molar-refractivity contribution in [2.75, 3.05) is 18.1 Å². The monoisotopic (exact) mass is 451 g/mol. The molecule has 1 aliphatic rings. The van der Waals surface area contributed by atoms with Gasteiger partial charge in [0.05, 0.1) is 24.5 Å². The summed E-state index contributed by atoms with van der Waals surface area (Å²) in [5.74, 6) is 0.924. The van der Waals surface area contributed by atoms with E-state index in [1.165, 1.54) is 0 Å². The van der Waals surface area contributed by atoms with Gasteiger partial charge < -0.3 is 9.64 Å². The summed E-state index contributed by atoms with van der Waals surface area (Å²) in [7, 11) is -3.10. The highest BCUT2D eigenvalue weighted by Crippen LogP contribution is 2.24. The van der Waals surface area contributed by atoms with Gasteiger partial charge in [-0.1, -0.05) is 61.5 Å². The maximum atomic E-state index is 13.5. The van der Waals surface area contributed by atoms with E-state index in [2.05, 4.69) is 6.92 Å². The maximum absolute atomic E-state index is 13.5. The zero-order valence-corrected chi connectivity index (χ0v) is 19.2. The molecule has 0 aromatic heterocycles. The lowest BCUT2D eigenvalue weighted by Crippen LogP contribution is -2.41. The first kappa shape index (κ1) is 22.3. The molecule has 0 saturated carbocycles. The molecule has 0 bridgehead atoms. The number of rotatable bonds is 8. The van der Waals surface area contributed by atoms with Crippen LogP contribution in [0.3, 0.4) is 0 Å². The summed E-state index contributed by atoms with van der Waals surface area (Å²) in [6.07, 6.45) is 1.67. The van der Waals surface area contributed by atoms with E-state index in [-0.39, 0.29) is 29.9 Å². The number of benzene rings is 3. The quantitative estimate of drug-likeness (QED) is 0.510. The molecule has 0 spiro atoms. The molecule has 168 valence electrons. The van der Waals surface area contributed by atoms with Crippen LogP contribution in [0.15, 0.2) is 66.7 Å². The van der Waals surface area contributed by atoms with E-state index in [1.807, 2.05) is 66.7 Å². The Morgan fingerprint density at radius 2 is 1.78 bits per heavy atom. The van der Waals surface area contributed by atoms with Gasteiger partial charge in [-0.05, 0) is 46.9 Å². The van der Waals surface area contributed by atoms with Crippen LogP contribution in [0.25, 0.3) is 10.8 Å². The number of sulfone groups is 1. The van der Waals surface area contributed by atoms with Gasteiger partial charge in [0, 0.05) is 12.6 Å². The minimum Gasteiger partial charge on any atom is -0.494 e. The molecule has 6 heteroatoms. The molecule has 1 fully saturated rings. The minimum absolute atomic E-state index is 0.0337. The number of hydrogen-bond acceptors (Lipinski definition) is 4. The van der Waals surface area contributed by atoms with E-state index in [4.69, 9.17) is 4.74 Å². The van der Waals surface area contributed by atoms with Crippen LogP contribution >= 0.6 is 0 Å². The SMILES string of the molecule is CCCOc1ccc(CN(C(=O)Cc2cccc3ccccc23)C2CCS(=O)(=O)C2)cc1. The minimum atomic E-state index is -3.10. The van der Waals surface area contributed by atoms with Gasteiger partial charge in [0.25, 0.3) is 0 Å². The third kappa shape index (κ3) is 5.30. The van der Waals surface area contributed by atoms with E-state index in [0.717, 1.165) is 34.1 Å². The van der Waals surface area contributed by atoms with Crippen LogP contribution in [-0.4, -0.2) is 43.4 Å². The van der Waals surface area contributed by atoms with Gasteiger partial charge in [-0.2, -0.15) is 0 Å². The second kappa shape index (κ2) is 9.74. The first-order valence-electron chi connectivity index (χ1n) is 11.1. The van der Waals surface area contributed by atoms with Gasteiger partial charge in [0.15, 0.2) is 9.84 Å². The zero-order chi connectivity index (χ0) is 22.6. The lowest BCUT2D eigenvalue weighted by Gasteiger charge is -2.29. The third-order valence-corrected chi connectivity index (χ3v) is 7.69. The molecule has 1 saturated heterocycles. The molecule has 3 aromatic rings. The van der Waals surface area contributed by atoms with Crippen LogP contribution in [-0.2, 0) is 27.6 Å². The molecule has 5 nitrogen and oxygen atoms in total. The average Bonchev–Trinajstić information content (AvgIpc) is 3.16. The van der Waals surface area contributed by atoms with Crippen molar-refractivity contribution < 1.29 is 17.9 Å². The van der Waals surface area contributed by atoms with Crippen molar-refractivity contribution >= 4 is 26.5 Å². The Hall–Kier alpha value is -2.86. The first-order valence-corrected chi connectivity index (χ1v) is 13.0. The molecule has 3 aromatic carbocycles. The Morgan fingerprint density at radius 1 is 1.03 bits per heavy atom. The smallest absolute Gasteiger partial charge is 0.227 e. The first-order chi connectivity index (χ1) is 15.4. The van der Waals surface area contributed by atoms with Crippen LogP contribution in [0.2, 0.25) is 0 Å². The van der Waals surface area contributed by atoms with E-state index in [1.54, 1.807) is 4.90 Å². The molecule has 1 heterocycles. The van der Waals surface area contributed by atoms with Crippen LogP contribution in [0, 0.1) is 0 Å². The molecule has 0 N–H and O–H groups in total. The second-order valence-electron chi connectivity index (χ2n) is 8.39. The lowest BCUT2D eigenvalue weighted by atomic mass is 10.0. The summed E-state index contributed by atoms with van der Waals surface area (Å²) in [4.78, 5) is 15.2. The number of hydrogen-bond donors (Lipinski definition) is 0. The molecule has 0 radical (unpaired) electrons. The molecule has 1 atom stereocenters. The molecule has 4 rings (SSSR count). The summed E-state index contributed by atoms with van der Waals surface area (Å²) in [6.45, 7) is 3.11. The number of carbonyl (C=O) groups excluding carboxylic acids is 1. The number of nitrogens with zero attached hydrogens (tertiary/aromatic N) is 1. The zero-order valence-electron chi connectivity index (χ0n) is 18.4. The summed E-state index contributed by atoms with van der Waals surface area (Å²) >= 11 is 0. The van der Waals surface area contributed by atoms with Crippen LogP contribution < -0.4 is 4.74 Å². The number of fused-ring (bicyclic) bond motifs is 1. The Balaban J connectivity index is 1.57. The van der Waals surface area contributed by atoms with Gasteiger partial charge in [-0.25, -0.2) is 8.42 Å². The predicted octanol–water partition coefficient (Wildman–Crippen LogP) is 4.39. The van der Waals surface area contributed by atoms with Crippen molar-refractivity contribution in [2.45, 2.75) is 38.8 Å². The predicted molar refractivity (Wildman–Crippen MR) is 127 cm³/mol.